The summed E-state index contributed by atoms with van der Waals surface area (Å²) in [5, 5.41) is 9.29. The highest BCUT2D eigenvalue weighted by atomic mass is 35.5. The molecule has 0 aromatic heterocycles. The fourth-order valence-electron chi connectivity index (χ4n) is 0.978. The Balaban J connectivity index is 3.03. The van der Waals surface area contributed by atoms with Crippen molar-refractivity contribution in [3.8, 4) is 6.07 Å². The zero-order chi connectivity index (χ0) is 10.4. The maximum atomic E-state index is 8.70. The lowest BCUT2D eigenvalue weighted by molar-refractivity contribution is 1.39. The molecule has 14 heavy (non-hydrogen) atoms. The molecule has 0 atom stereocenters. The smallest absolute Gasteiger partial charge is 0.249 e. The van der Waals surface area contributed by atoms with E-state index in [1.807, 2.05) is 24.3 Å². The van der Waals surface area contributed by atoms with Crippen LogP contribution < -0.4 is 0 Å². The summed E-state index contributed by atoms with van der Waals surface area (Å²) in [5.41, 5.74) is 1.20. The lowest BCUT2D eigenvalue weighted by Crippen LogP contribution is -1.83. The topological polar surface area (TPSA) is 28.1 Å². The fourth-order valence-corrected chi connectivity index (χ4v) is 1.17. The van der Waals surface area contributed by atoms with Crippen molar-refractivity contribution in [2.75, 3.05) is 6.54 Å². The molecule has 0 aliphatic rings. The average molecular weight is 203 g/mol. The van der Waals surface area contributed by atoms with E-state index in [9.17, 15) is 0 Å². The molecule has 0 heterocycles. The fraction of sp³-hybridized carbons (Fsp3) is 0.0909. The molecule has 0 fully saturated rings. The zero-order valence-electron chi connectivity index (χ0n) is 7.37. The van der Waals surface area contributed by atoms with Crippen LogP contribution in [0.1, 0.15) is 5.56 Å². The summed E-state index contributed by atoms with van der Waals surface area (Å²) in [4.78, 5) is 3.15. The van der Waals surface area contributed by atoms with Crippen LogP contribution in [-0.2, 0) is 0 Å². The van der Waals surface area contributed by atoms with Gasteiger partial charge in [0.2, 0.25) is 6.54 Å². The van der Waals surface area contributed by atoms with Crippen molar-refractivity contribution >= 4 is 17.7 Å². The molecule has 3 heteroatoms. The van der Waals surface area contributed by atoms with Gasteiger partial charge in [0.1, 0.15) is 11.6 Å². The van der Waals surface area contributed by atoms with Gasteiger partial charge in [0.05, 0.1) is 0 Å². The van der Waals surface area contributed by atoms with Crippen molar-refractivity contribution in [1.82, 2.24) is 0 Å². The van der Waals surface area contributed by atoms with Gasteiger partial charge in [-0.15, -0.1) is 0 Å². The largest absolute Gasteiger partial charge is 0.311 e. The Morgan fingerprint density at radius 2 is 2.29 bits per heavy atom. The van der Waals surface area contributed by atoms with Crippen molar-refractivity contribution in [2.24, 2.45) is 0 Å². The lowest BCUT2D eigenvalue weighted by Gasteiger charge is -1.96. The normalized spacial score (nSPS) is 10.4. The van der Waals surface area contributed by atoms with Gasteiger partial charge in [0.25, 0.3) is 0 Å². The number of hydrogen-bond acceptors (Lipinski definition) is 1. The van der Waals surface area contributed by atoms with Crippen molar-refractivity contribution in [3.63, 3.8) is 0 Å². The molecule has 1 rings (SSSR count). The van der Waals surface area contributed by atoms with E-state index >= 15 is 0 Å². The van der Waals surface area contributed by atoms with Crippen molar-refractivity contribution in [2.45, 2.75) is 0 Å². The quantitative estimate of drug-likeness (QED) is 0.535. The van der Waals surface area contributed by atoms with E-state index < -0.39 is 0 Å². The minimum absolute atomic E-state index is 0.0989. The highest BCUT2D eigenvalue weighted by molar-refractivity contribution is 6.32. The van der Waals surface area contributed by atoms with Crippen LogP contribution in [0.15, 0.2) is 29.8 Å². The molecule has 0 saturated carbocycles. The standard InChI is InChI=1S/C11H7ClN2/c1-14-8-9(7-13)6-10-4-2-3-5-11(10)12/h2-6H,8H2/b9-6+. The Morgan fingerprint density at radius 1 is 1.57 bits per heavy atom. The molecular weight excluding hydrogens is 196 g/mol. The minimum atomic E-state index is 0.0989. The first-order valence-electron chi connectivity index (χ1n) is 3.96. The van der Waals surface area contributed by atoms with Crippen LogP contribution in [0, 0.1) is 17.9 Å². The summed E-state index contributed by atoms with van der Waals surface area (Å²) in [6, 6.07) is 9.18. The molecule has 0 amide bonds. The van der Waals surface area contributed by atoms with E-state index in [-0.39, 0.29) is 6.54 Å². The van der Waals surface area contributed by atoms with Gasteiger partial charge in [-0.2, -0.15) is 5.26 Å². The third-order valence-corrected chi connectivity index (χ3v) is 1.97. The predicted octanol–water partition coefficient (Wildman–Crippen LogP) is 3.17. The first-order chi connectivity index (χ1) is 6.77. The first-order valence-corrected chi connectivity index (χ1v) is 4.34. The predicted molar refractivity (Wildman–Crippen MR) is 56.5 cm³/mol. The Bertz CT molecular complexity index is 435. The molecule has 0 aliphatic heterocycles. The SMILES string of the molecule is [C-]#[N+]C/C(C#N)=C/c1ccccc1Cl. The monoisotopic (exact) mass is 202 g/mol. The van der Waals surface area contributed by atoms with Crippen molar-refractivity contribution in [1.29, 1.82) is 5.26 Å². The summed E-state index contributed by atoms with van der Waals surface area (Å²) < 4.78 is 0. The van der Waals surface area contributed by atoms with E-state index in [0.29, 0.717) is 10.6 Å². The Kier molecular flexibility index (Phi) is 3.73. The van der Waals surface area contributed by atoms with E-state index in [2.05, 4.69) is 4.85 Å². The number of nitrogens with zero attached hydrogens (tertiary/aromatic N) is 2. The van der Waals surface area contributed by atoms with Gasteiger partial charge in [0.15, 0.2) is 0 Å². The molecule has 0 saturated heterocycles. The van der Waals surface area contributed by atoms with Gasteiger partial charge in [-0.3, -0.25) is 0 Å². The minimum Gasteiger partial charge on any atom is -0.311 e. The molecule has 68 valence electrons. The summed E-state index contributed by atoms with van der Waals surface area (Å²) in [6.07, 6.45) is 1.64. The van der Waals surface area contributed by atoms with E-state index in [1.165, 1.54) is 0 Å². The van der Waals surface area contributed by atoms with Gasteiger partial charge in [-0.25, -0.2) is 6.57 Å². The van der Waals surface area contributed by atoms with Crippen LogP contribution in [-0.4, -0.2) is 6.54 Å². The number of rotatable bonds is 2. The van der Waals surface area contributed by atoms with E-state index in [1.54, 1.807) is 12.1 Å². The molecular formula is C11H7ClN2. The third-order valence-electron chi connectivity index (χ3n) is 1.63. The van der Waals surface area contributed by atoms with Gasteiger partial charge in [0, 0.05) is 5.02 Å². The first kappa shape index (κ1) is 10.3. The molecule has 2 nitrogen and oxygen atoms in total. The van der Waals surface area contributed by atoms with Gasteiger partial charge in [-0.05, 0) is 17.7 Å². The van der Waals surface area contributed by atoms with Crippen LogP contribution in [0.2, 0.25) is 5.02 Å². The van der Waals surface area contributed by atoms with Crippen LogP contribution in [0.25, 0.3) is 10.9 Å². The van der Waals surface area contributed by atoms with Gasteiger partial charge < -0.3 is 4.85 Å². The number of hydrogen-bond donors (Lipinski definition) is 0. The van der Waals surface area contributed by atoms with Crippen LogP contribution in [0.3, 0.4) is 0 Å². The van der Waals surface area contributed by atoms with Crippen molar-refractivity contribution in [3.05, 3.63) is 51.8 Å². The second kappa shape index (κ2) is 5.07. The van der Waals surface area contributed by atoms with E-state index in [0.717, 1.165) is 5.56 Å². The molecule has 1 aromatic carbocycles. The Hall–Kier alpha value is -1.77. The number of nitriles is 1. The molecule has 0 radical (unpaired) electrons. The highest BCUT2D eigenvalue weighted by Gasteiger charge is 2.00. The van der Waals surface area contributed by atoms with E-state index in [4.69, 9.17) is 23.4 Å². The average Bonchev–Trinajstić information content (AvgIpc) is 2.20. The maximum Gasteiger partial charge on any atom is 0.249 e. The van der Waals surface area contributed by atoms with Crippen LogP contribution in [0.4, 0.5) is 0 Å². The molecule has 0 bridgehead atoms. The molecule has 0 unspecified atom stereocenters. The Labute approximate surface area is 87.9 Å². The second-order valence-corrected chi connectivity index (χ2v) is 3.03. The van der Waals surface area contributed by atoms with Crippen molar-refractivity contribution < 1.29 is 0 Å². The van der Waals surface area contributed by atoms with Gasteiger partial charge >= 0.3 is 0 Å². The van der Waals surface area contributed by atoms with Gasteiger partial charge in [-0.1, -0.05) is 29.8 Å². The Morgan fingerprint density at radius 3 is 2.86 bits per heavy atom. The molecule has 0 N–H and O–H groups in total. The molecule has 0 aliphatic carbocycles. The summed E-state index contributed by atoms with van der Waals surface area (Å²) in [5.74, 6) is 0. The molecule has 1 aromatic rings. The highest BCUT2D eigenvalue weighted by Crippen LogP contribution is 2.17. The van der Waals surface area contributed by atoms with Crippen LogP contribution >= 0.6 is 11.6 Å². The number of halogens is 1. The maximum absolute atomic E-state index is 8.70. The summed E-state index contributed by atoms with van der Waals surface area (Å²) >= 11 is 5.89. The molecule has 0 spiro atoms. The zero-order valence-corrected chi connectivity index (χ0v) is 8.12. The third kappa shape index (κ3) is 2.62. The van der Waals surface area contributed by atoms with Crippen LogP contribution in [0.5, 0.6) is 0 Å². The second-order valence-electron chi connectivity index (χ2n) is 2.62. The summed E-state index contributed by atoms with van der Waals surface area (Å²) in [7, 11) is 0. The lowest BCUT2D eigenvalue weighted by atomic mass is 10.1. The number of benzene rings is 1. The summed E-state index contributed by atoms with van der Waals surface area (Å²) in [6.45, 7) is 6.75.